The predicted molar refractivity (Wildman–Crippen MR) is 89.5 cm³/mol. The minimum Gasteiger partial charge on any atom is -0.383 e. The zero-order valence-electron chi connectivity index (χ0n) is 12.4. The number of aromatic nitrogens is 1. The third-order valence-electron chi connectivity index (χ3n) is 3.30. The average molecular weight is 325 g/mol. The number of methoxy groups -OCH3 is 1. The first-order valence-electron chi connectivity index (χ1n) is 7.05. The summed E-state index contributed by atoms with van der Waals surface area (Å²) in [6.07, 6.45) is 0.945. The maximum Gasteiger partial charge on any atom is 0.0934 e. The van der Waals surface area contributed by atoms with Gasteiger partial charge in [0, 0.05) is 48.6 Å². The van der Waals surface area contributed by atoms with Gasteiger partial charge in [-0.05, 0) is 24.6 Å². The number of halogens is 1. The van der Waals surface area contributed by atoms with E-state index in [2.05, 4.69) is 27.8 Å². The van der Waals surface area contributed by atoms with Crippen LogP contribution < -0.4 is 5.32 Å². The second-order valence-electron chi connectivity index (χ2n) is 5.03. The van der Waals surface area contributed by atoms with E-state index in [9.17, 15) is 0 Å². The number of benzene rings is 1. The third-order valence-corrected chi connectivity index (χ3v) is 4.54. The zero-order valence-corrected chi connectivity index (χ0v) is 14.0. The molecule has 3 nitrogen and oxygen atoms in total. The summed E-state index contributed by atoms with van der Waals surface area (Å²) in [4.78, 5) is 4.58. The molecule has 1 aromatic heterocycles. The summed E-state index contributed by atoms with van der Waals surface area (Å²) >= 11 is 7.71. The molecule has 0 saturated carbocycles. The lowest BCUT2D eigenvalue weighted by molar-refractivity contribution is 0.199. The van der Waals surface area contributed by atoms with Gasteiger partial charge in [0.2, 0.25) is 0 Å². The molecule has 1 atom stereocenters. The van der Waals surface area contributed by atoms with Gasteiger partial charge in [0.05, 0.1) is 11.6 Å². The number of hydrogen-bond acceptors (Lipinski definition) is 4. The van der Waals surface area contributed by atoms with Gasteiger partial charge in [0.1, 0.15) is 0 Å². The highest BCUT2D eigenvalue weighted by Crippen LogP contribution is 2.23. The van der Waals surface area contributed by atoms with E-state index < -0.39 is 0 Å². The topological polar surface area (TPSA) is 34.1 Å². The van der Waals surface area contributed by atoms with Crippen LogP contribution in [0, 0.1) is 6.92 Å². The van der Waals surface area contributed by atoms with Crippen LogP contribution in [0.25, 0.3) is 0 Å². The van der Waals surface area contributed by atoms with E-state index in [-0.39, 0.29) is 0 Å². The molecular weight excluding hydrogens is 304 g/mol. The molecule has 114 valence electrons. The summed E-state index contributed by atoms with van der Waals surface area (Å²) in [7, 11) is 1.72. The number of ether oxygens (including phenoxy) is 1. The van der Waals surface area contributed by atoms with Crippen LogP contribution in [0.4, 0.5) is 0 Å². The molecule has 1 N–H and O–H groups in total. The maximum atomic E-state index is 5.98. The molecule has 2 rings (SSSR count). The van der Waals surface area contributed by atoms with Crippen LogP contribution in [-0.4, -0.2) is 31.8 Å². The highest BCUT2D eigenvalue weighted by Gasteiger charge is 2.14. The van der Waals surface area contributed by atoms with Crippen molar-refractivity contribution in [3.05, 3.63) is 50.9 Å². The molecule has 0 saturated heterocycles. The zero-order chi connectivity index (χ0) is 15.1. The van der Waals surface area contributed by atoms with Gasteiger partial charge < -0.3 is 10.1 Å². The maximum absolute atomic E-state index is 5.98. The standard InChI is InChI=1S/C16H21ClN2OS/c1-12-11-21-16(19-12)9-14(10-18-7-8-20-2)13-3-5-15(17)6-4-13/h3-6,11,14,18H,7-10H2,1-2H3. The lowest BCUT2D eigenvalue weighted by Crippen LogP contribution is -2.26. The molecule has 21 heavy (non-hydrogen) atoms. The van der Waals surface area contributed by atoms with Gasteiger partial charge in [-0.3, -0.25) is 0 Å². The smallest absolute Gasteiger partial charge is 0.0934 e. The molecule has 0 spiro atoms. The second-order valence-corrected chi connectivity index (χ2v) is 6.41. The highest BCUT2D eigenvalue weighted by atomic mass is 35.5. The van der Waals surface area contributed by atoms with Crippen molar-refractivity contribution < 1.29 is 4.74 Å². The van der Waals surface area contributed by atoms with E-state index in [4.69, 9.17) is 16.3 Å². The van der Waals surface area contributed by atoms with Gasteiger partial charge in [-0.1, -0.05) is 23.7 Å². The quantitative estimate of drug-likeness (QED) is 0.752. The van der Waals surface area contributed by atoms with Gasteiger partial charge >= 0.3 is 0 Å². The van der Waals surface area contributed by atoms with Crippen molar-refractivity contribution in [1.29, 1.82) is 0 Å². The van der Waals surface area contributed by atoms with Crippen LogP contribution in [0.3, 0.4) is 0 Å². The Balaban J connectivity index is 2.04. The first-order valence-corrected chi connectivity index (χ1v) is 8.31. The molecule has 0 aliphatic heterocycles. The molecule has 0 aliphatic rings. The van der Waals surface area contributed by atoms with Crippen LogP contribution in [-0.2, 0) is 11.2 Å². The molecule has 1 aromatic carbocycles. The van der Waals surface area contributed by atoms with Crippen molar-refractivity contribution >= 4 is 22.9 Å². The van der Waals surface area contributed by atoms with E-state index in [1.54, 1.807) is 18.4 Å². The molecular formula is C16H21ClN2OS. The highest BCUT2D eigenvalue weighted by molar-refractivity contribution is 7.09. The van der Waals surface area contributed by atoms with Crippen molar-refractivity contribution in [2.24, 2.45) is 0 Å². The summed E-state index contributed by atoms with van der Waals surface area (Å²) < 4.78 is 5.08. The fourth-order valence-electron chi connectivity index (χ4n) is 2.20. The lowest BCUT2D eigenvalue weighted by atomic mass is 9.96. The Labute approximate surface area is 135 Å². The van der Waals surface area contributed by atoms with Crippen molar-refractivity contribution in [1.82, 2.24) is 10.3 Å². The van der Waals surface area contributed by atoms with Gasteiger partial charge in [-0.25, -0.2) is 4.98 Å². The fourth-order valence-corrected chi connectivity index (χ4v) is 3.18. The average Bonchev–Trinajstić information content (AvgIpc) is 2.88. The summed E-state index contributed by atoms with van der Waals surface area (Å²) in [5, 5.41) is 7.50. The number of rotatable bonds is 8. The molecule has 1 unspecified atom stereocenters. The second kappa shape index (κ2) is 8.49. The molecule has 0 fully saturated rings. The first-order chi connectivity index (χ1) is 10.2. The Hall–Kier alpha value is -0.940. The van der Waals surface area contributed by atoms with Gasteiger partial charge in [-0.15, -0.1) is 11.3 Å². The molecule has 0 amide bonds. The fraction of sp³-hybridized carbons (Fsp3) is 0.438. The Morgan fingerprint density at radius 3 is 2.71 bits per heavy atom. The van der Waals surface area contributed by atoms with Crippen LogP contribution in [0.5, 0.6) is 0 Å². The summed E-state index contributed by atoms with van der Waals surface area (Å²) in [5.41, 5.74) is 2.38. The predicted octanol–water partition coefficient (Wildman–Crippen LogP) is 3.67. The van der Waals surface area contributed by atoms with E-state index in [1.807, 2.05) is 19.1 Å². The van der Waals surface area contributed by atoms with Crippen molar-refractivity contribution in [2.45, 2.75) is 19.3 Å². The van der Waals surface area contributed by atoms with Crippen molar-refractivity contribution in [2.75, 3.05) is 26.8 Å². The van der Waals surface area contributed by atoms with E-state index in [0.717, 1.165) is 36.8 Å². The van der Waals surface area contributed by atoms with E-state index in [0.29, 0.717) is 5.92 Å². The van der Waals surface area contributed by atoms with Crippen molar-refractivity contribution in [3.8, 4) is 0 Å². The van der Waals surface area contributed by atoms with Crippen LogP contribution in [0.15, 0.2) is 29.6 Å². The normalized spacial score (nSPS) is 12.5. The van der Waals surface area contributed by atoms with E-state index in [1.165, 1.54) is 10.6 Å². The molecule has 0 bridgehead atoms. The van der Waals surface area contributed by atoms with E-state index >= 15 is 0 Å². The Morgan fingerprint density at radius 1 is 1.33 bits per heavy atom. The molecule has 5 heteroatoms. The van der Waals surface area contributed by atoms with Gasteiger partial charge in [-0.2, -0.15) is 0 Å². The molecule has 0 aliphatic carbocycles. The molecule has 1 heterocycles. The third kappa shape index (κ3) is 5.40. The number of hydrogen-bond donors (Lipinski definition) is 1. The molecule has 0 radical (unpaired) electrons. The van der Waals surface area contributed by atoms with Gasteiger partial charge in [0.25, 0.3) is 0 Å². The SMILES string of the molecule is COCCNCC(Cc1nc(C)cs1)c1ccc(Cl)cc1. The Morgan fingerprint density at radius 2 is 2.10 bits per heavy atom. The van der Waals surface area contributed by atoms with Crippen LogP contribution >= 0.6 is 22.9 Å². The minimum absolute atomic E-state index is 0.393. The summed E-state index contributed by atoms with van der Waals surface area (Å²) in [6, 6.07) is 8.11. The largest absolute Gasteiger partial charge is 0.383 e. The Kier molecular flexibility index (Phi) is 6.64. The van der Waals surface area contributed by atoms with Crippen LogP contribution in [0.2, 0.25) is 5.02 Å². The number of aryl methyl sites for hydroxylation is 1. The lowest BCUT2D eigenvalue weighted by Gasteiger charge is -2.17. The van der Waals surface area contributed by atoms with Crippen molar-refractivity contribution in [3.63, 3.8) is 0 Å². The van der Waals surface area contributed by atoms with Gasteiger partial charge in [0.15, 0.2) is 0 Å². The summed E-state index contributed by atoms with van der Waals surface area (Å²) in [6.45, 7) is 4.53. The Bertz CT molecular complexity index is 541. The number of nitrogens with zero attached hydrogens (tertiary/aromatic N) is 1. The first kappa shape index (κ1) is 16.4. The number of nitrogens with one attached hydrogen (secondary N) is 1. The minimum atomic E-state index is 0.393. The van der Waals surface area contributed by atoms with Crippen LogP contribution in [0.1, 0.15) is 22.2 Å². The summed E-state index contributed by atoms with van der Waals surface area (Å²) in [5.74, 6) is 0.393. The number of thiazole rings is 1. The monoisotopic (exact) mass is 324 g/mol. The molecule has 2 aromatic rings.